The summed E-state index contributed by atoms with van der Waals surface area (Å²) in [5.74, 6) is 2.62. The van der Waals surface area contributed by atoms with E-state index >= 15 is 0 Å². The highest BCUT2D eigenvalue weighted by Gasteiger charge is 2.31. The van der Waals surface area contributed by atoms with Crippen molar-refractivity contribution in [3.8, 4) is 0 Å². The summed E-state index contributed by atoms with van der Waals surface area (Å²) < 4.78 is 5.86. The molecule has 2 aromatic rings. The summed E-state index contributed by atoms with van der Waals surface area (Å²) in [4.78, 5) is 2.44. The van der Waals surface area contributed by atoms with Crippen LogP contribution in [-0.2, 0) is 6.54 Å². The number of piperidine rings is 1. The fourth-order valence-corrected chi connectivity index (χ4v) is 3.46. The van der Waals surface area contributed by atoms with Crippen molar-refractivity contribution < 1.29 is 4.42 Å². The van der Waals surface area contributed by atoms with Gasteiger partial charge in [0, 0.05) is 18.4 Å². The van der Waals surface area contributed by atoms with Gasteiger partial charge in [0.05, 0.1) is 10.0 Å². The van der Waals surface area contributed by atoms with Gasteiger partial charge >= 0.3 is 0 Å². The first-order valence-electron chi connectivity index (χ1n) is 8.18. The topological polar surface area (TPSA) is 42.2 Å². The second kappa shape index (κ2) is 6.42. The third kappa shape index (κ3) is 3.54. The van der Waals surface area contributed by atoms with E-state index in [0.717, 1.165) is 44.3 Å². The average molecular weight is 352 g/mol. The molecule has 2 fully saturated rings. The molecule has 2 aliphatic rings. The van der Waals surface area contributed by atoms with Crippen LogP contribution in [0.3, 0.4) is 0 Å². The average Bonchev–Trinajstić information content (AvgIpc) is 3.29. The largest absolute Gasteiger partial charge is 0.425 e. The van der Waals surface area contributed by atoms with Crippen molar-refractivity contribution in [1.82, 2.24) is 15.1 Å². The van der Waals surface area contributed by atoms with Gasteiger partial charge in [-0.25, -0.2) is 0 Å². The van der Waals surface area contributed by atoms with Crippen LogP contribution >= 0.6 is 23.2 Å². The Morgan fingerprint density at radius 3 is 2.22 bits per heavy atom. The summed E-state index contributed by atoms with van der Waals surface area (Å²) in [6.07, 6.45) is 4.52. The lowest BCUT2D eigenvalue weighted by atomic mass is 9.96. The predicted octanol–water partition coefficient (Wildman–Crippen LogP) is 4.63. The first-order chi connectivity index (χ1) is 11.2. The second-order valence-electron chi connectivity index (χ2n) is 6.55. The number of benzene rings is 1. The molecule has 2 heterocycles. The zero-order valence-electron chi connectivity index (χ0n) is 12.8. The van der Waals surface area contributed by atoms with E-state index in [9.17, 15) is 0 Å². The number of rotatable bonds is 4. The molecular formula is C17H19Cl2N3O. The SMILES string of the molecule is Clc1ccc(CN2CCC(c3nnc(C4CC4)o3)CC2)cc1Cl. The second-order valence-corrected chi connectivity index (χ2v) is 7.37. The molecule has 0 atom stereocenters. The lowest BCUT2D eigenvalue weighted by Crippen LogP contribution is -2.32. The number of nitrogens with zero attached hydrogens (tertiary/aromatic N) is 3. The molecule has 0 radical (unpaired) electrons. The van der Waals surface area contributed by atoms with Crippen LogP contribution in [0, 0.1) is 0 Å². The fourth-order valence-electron chi connectivity index (χ4n) is 3.14. The van der Waals surface area contributed by atoms with E-state index in [-0.39, 0.29) is 0 Å². The monoisotopic (exact) mass is 351 g/mol. The van der Waals surface area contributed by atoms with Crippen molar-refractivity contribution in [2.75, 3.05) is 13.1 Å². The smallest absolute Gasteiger partial charge is 0.219 e. The van der Waals surface area contributed by atoms with Crippen LogP contribution in [0.2, 0.25) is 10.0 Å². The summed E-state index contributed by atoms with van der Waals surface area (Å²) in [6.45, 7) is 2.97. The van der Waals surface area contributed by atoms with Gasteiger partial charge in [0.2, 0.25) is 11.8 Å². The molecule has 1 aromatic carbocycles. The van der Waals surface area contributed by atoms with Crippen molar-refractivity contribution in [1.29, 1.82) is 0 Å². The van der Waals surface area contributed by atoms with E-state index in [1.54, 1.807) is 0 Å². The molecule has 122 valence electrons. The Morgan fingerprint density at radius 2 is 1.61 bits per heavy atom. The maximum Gasteiger partial charge on any atom is 0.219 e. The Kier molecular flexibility index (Phi) is 4.31. The molecule has 4 rings (SSSR count). The van der Waals surface area contributed by atoms with Gasteiger partial charge in [0.25, 0.3) is 0 Å². The standard InChI is InChI=1S/C17H19Cl2N3O/c18-14-4-1-11(9-15(14)19)10-22-7-5-13(6-8-22)17-21-20-16(23-17)12-2-3-12/h1,4,9,12-13H,2-3,5-8,10H2. The number of likely N-dealkylation sites (tertiary alicyclic amines) is 1. The predicted molar refractivity (Wildman–Crippen MR) is 90.0 cm³/mol. The fraction of sp³-hybridized carbons (Fsp3) is 0.529. The maximum atomic E-state index is 6.09. The highest BCUT2D eigenvalue weighted by Crippen LogP contribution is 2.40. The minimum Gasteiger partial charge on any atom is -0.425 e. The summed E-state index contributed by atoms with van der Waals surface area (Å²) in [5.41, 5.74) is 1.20. The Bertz CT molecular complexity index is 691. The molecule has 0 spiro atoms. The molecule has 0 amide bonds. The van der Waals surface area contributed by atoms with Crippen LogP contribution in [0.25, 0.3) is 0 Å². The molecular weight excluding hydrogens is 333 g/mol. The normalized spacial score (nSPS) is 20.1. The minimum atomic E-state index is 0.403. The number of halogens is 2. The Labute approximate surface area is 145 Å². The van der Waals surface area contributed by atoms with Gasteiger partial charge in [0.15, 0.2) is 0 Å². The van der Waals surface area contributed by atoms with Crippen LogP contribution in [0.1, 0.15) is 54.9 Å². The summed E-state index contributed by atoms with van der Waals surface area (Å²) in [7, 11) is 0. The molecule has 23 heavy (non-hydrogen) atoms. The van der Waals surface area contributed by atoms with E-state index in [1.165, 1.54) is 18.4 Å². The summed E-state index contributed by atoms with van der Waals surface area (Å²) in [6, 6.07) is 5.86. The van der Waals surface area contributed by atoms with Gasteiger partial charge < -0.3 is 4.42 Å². The highest BCUT2D eigenvalue weighted by molar-refractivity contribution is 6.42. The van der Waals surface area contributed by atoms with Crippen molar-refractivity contribution in [3.63, 3.8) is 0 Å². The van der Waals surface area contributed by atoms with Gasteiger partial charge in [-0.15, -0.1) is 10.2 Å². The van der Waals surface area contributed by atoms with Gasteiger partial charge in [-0.1, -0.05) is 29.3 Å². The van der Waals surface area contributed by atoms with E-state index in [4.69, 9.17) is 27.6 Å². The third-order valence-electron chi connectivity index (χ3n) is 4.71. The van der Waals surface area contributed by atoms with Gasteiger partial charge in [-0.05, 0) is 56.5 Å². The lowest BCUT2D eigenvalue weighted by molar-refractivity contribution is 0.192. The van der Waals surface area contributed by atoms with Crippen molar-refractivity contribution in [2.24, 2.45) is 0 Å². The maximum absolute atomic E-state index is 6.09. The van der Waals surface area contributed by atoms with Crippen LogP contribution < -0.4 is 0 Å². The third-order valence-corrected chi connectivity index (χ3v) is 5.45. The molecule has 0 unspecified atom stereocenters. The zero-order valence-corrected chi connectivity index (χ0v) is 14.4. The van der Waals surface area contributed by atoms with Crippen LogP contribution in [0.15, 0.2) is 22.6 Å². The quantitative estimate of drug-likeness (QED) is 0.804. The molecule has 1 saturated heterocycles. The summed E-state index contributed by atoms with van der Waals surface area (Å²) >= 11 is 12.1. The Balaban J connectivity index is 1.33. The van der Waals surface area contributed by atoms with Gasteiger partial charge in [-0.3, -0.25) is 4.90 Å². The minimum absolute atomic E-state index is 0.403. The molecule has 1 aliphatic heterocycles. The van der Waals surface area contributed by atoms with E-state index < -0.39 is 0 Å². The van der Waals surface area contributed by atoms with E-state index in [2.05, 4.69) is 15.1 Å². The zero-order chi connectivity index (χ0) is 15.8. The molecule has 0 bridgehead atoms. The number of hydrogen-bond donors (Lipinski definition) is 0. The van der Waals surface area contributed by atoms with E-state index in [0.29, 0.717) is 21.9 Å². The Morgan fingerprint density at radius 1 is 0.957 bits per heavy atom. The van der Waals surface area contributed by atoms with Gasteiger partial charge in [-0.2, -0.15) is 0 Å². The first-order valence-corrected chi connectivity index (χ1v) is 8.94. The molecule has 0 N–H and O–H groups in total. The highest BCUT2D eigenvalue weighted by atomic mass is 35.5. The molecule has 1 aliphatic carbocycles. The molecule has 1 aromatic heterocycles. The van der Waals surface area contributed by atoms with Crippen LogP contribution in [0.5, 0.6) is 0 Å². The van der Waals surface area contributed by atoms with E-state index in [1.807, 2.05) is 18.2 Å². The van der Waals surface area contributed by atoms with Crippen molar-refractivity contribution >= 4 is 23.2 Å². The van der Waals surface area contributed by atoms with Gasteiger partial charge in [0.1, 0.15) is 0 Å². The molecule has 4 nitrogen and oxygen atoms in total. The number of hydrogen-bond acceptors (Lipinski definition) is 4. The number of aromatic nitrogens is 2. The van der Waals surface area contributed by atoms with Crippen LogP contribution in [0.4, 0.5) is 0 Å². The molecule has 6 heteroatoms. The molecule has 1 saturated carbocycles. The van der Waals surface area contributed by atoms with Crippen molar-refractivity contribution in [3.05, 3.63) is 45.6 Å². The van der Waals surface area contributed by atoms with Crippen LogP contribution in [-0.4, -0.2) is 28.2 Å². The lowest BCUT2D eigenvalue weighted by Gasteiger charge is -2.30. The first kappa shape index (κ1) is 15.4. The summed E-state index contributed by atoms with van der Waals surface area (Å²) in [5, 5.41) is 9.70. The Hall–Kier alpha value is -1.10. The van der Waals surface area contributed by atoms with Crippen molar-refractivity contribution in [2.45, 2.75) is 44.1 Å².